The third-order valence-corrected chi connectivity index (χ3v) is 3.29. The predicted molar refractivity (Wildman–Crippen MR) is 65.8 cm³/mol. The van der Waals surface area contributed by atoms with Gasteiger partial charge < -0.3 is 14.6 Å². The summed E-state index contributed by atoms with van der Waals surface area (Å²) in [5.74, 6) is 0.588. The summed E-state index contributed by atoms with van der Waals surface area (Å²) >= 11 is 1.57. The Morgan fingerprint density at radius 2 is 2.47 bits per heavy atom. The van der Waals surface area contributed by atoms with Crippen LogP contribution in [0, 0.1) is 0 Å². The lowest BCUT2D eigenvalue weighted by Gasteiger charge is -2.13. The van der Waals surface area contributed by atoms with Gasteiger partial charge in [0.15, 0.2) is 5.16 Å². The monoisotopic (exact) mass is 258 g/mol. The van der Waals surface area contributed by atoms with E-state index in [1.807, 2.05) is 11.6 Å². The van der Waals surface area contributed by atoms with Gasteiger partial charge in [0.05, 0.1) is 6.61 Å². The first-order chi connectivity index (χ1) is 8.19. The van der Waals surface area contributed by atoms with Crippen LogP contribution in [0.3, 0.4) is 0 Å². The summed E-state index contributed by atoms with van der Waals surface area (Å²) in [6, 6.07) is -0.254. The van der Waals surface area contributed by atoms with E-state index < -0.39 is 0 Å². The van der Waals surface area contributed by atoms with Crippen molar-refractivity contribution in [2.45, 2.75) is 24.5 Å². The molecule has 1 unspecified atom stereocenters. The minimum Gasteiger partial charge on any atom is -0.465 e. The number of esters is 1. The molecule has 1 heterocycles. The number of ether oxygens (including phenoxy) is 1. The molecule has 1 N–H and O–H groups in total. The normalized spacial score (nSPS) is 12.4. The third-order valence-electron chi connectivity index (χ3n) is 2.23. The number of aromatic nitrogens is 3. The van der Waals surface area contributed by atoms with Crippen LogP contribution in [0.25, 0.3) is 0 Å². The highest BCUT2D eigenvalue weighted by atomic mass is 32.2. The summed E-state index contributed by atoms with van der Waals surface area (Å²) in [6.07, 6.45) is 2.36. The molecule has 6 nitrogen and oxygen atoms in total. The quantitative estimate of drug-likeness (QED) is 0.565. The Labute approximate surface area is 105 Å². The van der Waals surface area contributed by atoms with Gasteiger partial charge in [-0.2, -0.15) is 0 Å². The first kappa shape index (κ1) is 14.0. The predicted octanol–water partition coefficient (Wildman–Crippen LogP) is 0.448. The zero-order valence-corrected chi connectivity index (χ0v) is 11.2. The first-order valence-corrected chi connectivity index (χ1v) is 6.48. The van der Waals surface area contributed by atoms with Crippen molar-refractivity contribution in [2.24, 2.45) is 7.05 Å². The number of nitrogens with zero attached hydrogens (tertiary/aromatic N) is 3. The van der Waals surface area contributed by atoms with Gasteiger partial charge >= 0.3 is 5.97 Å². The van der Waals surface area contributed by atoms with Crippen molar-refractivity contribution in [3.05, 3.63) is 6.33 Å². The molecule has 1 rings (SSSR count). The molecule has 7 heteroatoms. The van der Waals surface area contributed by atoms with E-state index in [4.69, 9.17) is 4.74 Å². The average molecular weight is 258 g/mol. The molecule has 0 aliphatic rings. The molecule has 0 bridgehead atoms. The van der Waals surface area contributed by atoms with Crippen LogP contribution in [0.1, 0.15) is 13.3 Å². The van der Waals surface area contributed by atoms with Crippen molar-refractivity contribution >= 4 is 17.7 Å². The number of carbonyl (C=O) groups is 1. The molecule has 0 radical (unpaired) electrons. The number of carbonyl (C=O) groups excluding carboxylic acids is 1. The molecule has 1 atom stereocenters. The van der Waals surface area contributed by atoms with Gasteiger partial charge in [-0.15, -0.1) is 10.2 Å². The van der Waals surface area contributed by atoms with E-state index in [0.29, 0.717) is 13.0 Å². The van der Waals surface area contributed by atoms with Crippen molar-refractivity contribution in [3.63, 3.8) is 0 Å². The Balaban J connectivity index is 2.33. The number of aryl methyl sites for hydroxylation is 1. The molecule has 0 fully saturated rings. The maximum atomic E-state index is 11.5. The molecule has 96 valence electrons. The molecular weight excluding hydrogens is 240 g/mol. The van der Waals surface area contributed by atoms with Gasteiger partial charge in [0.25, 0.3) is 0 Å². The Morgan fingerprint density at radius 1 is 1.71 bits per heavy atom. The van der Waals surface area contributed by atoms with Gasteiger partial charge in [-0.3, -0.25) is 4.79 Å². The molecule has 0 aliphatic carbocycles. The third kappa shape index (κ3) is 4.35. The Bertz CT molecular complexity index is 356. The minimum absolute atomic E-state index is 0.200. The van der Waals surface area contributed by atoms with E-state index in [1.54, 1.807) is 32.1 Å². The molecule has 0 aromatic carbocycles. The highest BCUT2D eigenvalue weighted by molar-refractivity contribution is 7.99. The number of rotatable bonds is 7. The second-order valence-electron chi connectivity index (χ2n) is 3.45. The molecule has 0 aliphatic heterocycles. The van der Waals surface area contributed by atoms with E-state index in [2.05, 4.69) is 15.5 Å². The first-order valence-electron chi connectivity index (χ1n) is 5.49. The summed E-state index contributed by atoms with van der Waals surface area (Å²) < 4.78 is 6.81. The Morgan fingerprint density at radius 3 is 3.00 bits per heavy atom. The number of hydrogen-bond donors (Lipinski definition) is 1. The number of nitrogens with one attached hydrogen (secondary N) is 1. The van der Waals surface area contributed by atoms with Gasteiger partial charge in [-0.1, -0.05) is 11.8 Å². The Kier molecular flexibility index (Phi) is 5.99. The van der Waals surface area contributed by atoms with Gasteiger partial charge in [0.2, 0.25) is 0 Å². The fourth-order valence-electron chi connectivity index (χ4n) is 1.29. The summed E-state index contributed by atoms with van der Waals surface area (Å²) in [7, 11) is 3.65. The number of thioether (sulfide) groups is 1. The molecular formula is C10H18N4O2S. The number of likely N-dealkylation sites (N-methyl/N-ethyl adjacent to an activating group) is 1. The lowest BCUT2D eigenvalue weighted by atomic mass is 10.2. The van der Waals surface area contributed by atoms with Gasteiger partial charge in [0, 0.05) is 12.8 Å². The van der Waals surface area contributed by atoms with Crippen molar-refractivity contribution in [2.75, 3.05) is 19.4 Å². The van der Waals surface area contributed by atoms with Gasteiger partial charge in [-0.25, -0.2) is 0 Å². The van der Waals surface area contributed by atoms with Crippen molar-refractivity contribution in [3.8, 4) is 0 Å². The van der Waals surface area contributed by atoms with Gasteiger partial charge in [0.1, 0.15) is 12.4 Å². The highest BCUT2D eigenvalue weighted by Crippen LogP contribution is 2.15. The van der Waals surface area contributed by atoms with Crippen LogP contribution >= 0.6 is 11.8 Å². The van der Waals surface area contributed by atoms with Crippen LogP contribution in [-0.4, -0.2) is 46.2 Å². The van der Waals surface area contributed by atoms with Crippen molar-refractivity contribution in [1.82, 2.24) is 20.1 Å². The summed E-state index contributed by atoms with van der Waals surface area (Å²) in [5, 5.41) is 11.5. The molecule has 1 aromatic heterocycles. The van der Waals surface area contributed by atoms with E-state index >= 15 is 0 Å². The van der Waals surface area contributed by atoms with Crippen LogP contribution in [0.2, 0.25) is 0 Å². The second-order valence-corrected chi connectivity index (χ2v) is 4.52. The smallest absolute Gasteiger partial charge is 0.323 e. The van der Waals surface area contributed by atoms with Crippen molar-refractivity contribution < 1.29 is 9.53 Å². The molecule has 0 amide bonds. The van der Waals surface area contributed by atoms with Crippen LogP contribution < -0.4 is 5.32 Å². The average Bonchev–Trinajstić information content (AvgIpc) is 2.71. The molecule has 0 saturated heterocycles. The second kappa shape index (κ2) is 7.29. The van der Waals surface area contributed by atoms with E-state index in [9.17, 15) is 4.79 Å². The number of hydrogen-bond acceptors (Lipinski definition) is 6. The summed E-state index contributed by atoms with van der Waals surface area (Å²) in [6.45, 7) is 2.21. The topological polar surface area (TPSA) is 69.0 Å². The van der Waals surface area contributed by atoms with Crippen molar-refractivity contribution in [1.29, 1.82) is 0 Å². The van der Waals surface area contributed by atoms with E-state index in [0.717, 1.165) is 10.9 Å². The van der Waals surface area contributed by atoms with Crippen LogP contribution in [0.5, 0.6) is 0 Å². The summed E-state index contributed by atoms with van der Waals surface area (Å²) in [4.78, 5) is 11.5. The fourth-order valence-corrected chi connectivity index (χ4v) is 2.19. The SMILES string of the molecule is CCOC(=O)C(CCSc1nncn1C)NC. The van der Waals surface area contributed by atoms with Crippen LogP contribution in [0.4, 0.5) is 0 Å². The zero-order valence-electron chi connectivity index (χ0n) is 10.3. The summed E-state index contributed by atoms with van der Waals surface area (Å²) in [5.41, 5.74) is 0. The largest absolute Gasteiger partial charge is 0.465 e. The molecule has 0 spiro atoms. The van der Waals surface area contributed by atoms with Crippen LogP contribution in [0.15, 0.2) is 11.5 Å². The fraction of sp³-hybridized carbons (Fsp3) is 0.700. The van der Waals surface area contributed by atoms with Crippen LogP contribution in [-0.2, 0) is 16.6 Å². The molecule has 17 heavy (non-hydrogen) atoms. The van der Waals surface area contributed by atoms with E-state index in [-0.39, 0.29) is 12.0 Å². The van der Waals surface area contributed by atoms with Gasteiger partial charge in [-0.05, 0) is 20.4 Å². The zero-order chi connectivity index (χ0) is 12.7. The standard InChI is InChI=1S/C10H18N4O2S/c1-4-16-9(15)8(11-2)5-6-17-10-13-12-7-14(10)3/h7-8,11H,4-6H2,1-3H3. The highest BCUT2D eigenvalue weighted by Gasteiger charge is 2.17. The lowest BCUT2D eigenvalue weighted by Crippen LogP contribution is -2.36. The maximum Gasteiger partial charge on any atom is 0.323 e. The molecule has 1 aromatic rings. The minimum atomic E-state index is -0.254. The lowest BCUT2D eigenvalue weighted by molar-refractivity contribution is -0.145. The molecule has 0 saturated carbocycles. The van der Waals surface area contributed by atoms with E-state index in [1.165, 1.54) is 0 Å². The maximum absolute atomic E-state index is 11.5. The Hall–Kier alpha value is -1.08.